The van der Waals surface area contributed by atoms with E-state index in [0.717, 1.165) is 5.56 Å². The van der Waals surface area contributed by atoms with Crippen molar-refractivity contribution in [3.8, 4) is 0 Å². The predicted molar refractivity (Wildman–Crippen MR) is 269 cm³/mol. The molecule has 0 fully saturated rings. The van der Waals surface area contributed by atoms with Crippen molar-refractivity contribution >= 4 is 77.0 Å². The quantitative estimate of drug-likeness (QED) is 0.0224. The minimum Gasteiger partial charge on any atom is -0.480 e. The number of amides is 9. The van der Waals surface area contributed by atoms with Gasteiger partial charge in [-0.2, -0.15) is 0 Å². The van der Waals surface area contributed by atoms with E-state index in [9.17, 15) is 77.6 Å². The molecule has 30 nitrogen and oxygen atoms in total. The van der Waals surface area contributed by atoms with Gasteiger partial charge < -0.3 is 87.6 Å². The minimum absolute atomic E-state index is 0.000443. The van der Waals surface area contributed by atoms with Crippen molar-refractivity contribution in [2.45, 2.75) is 108 Å². The molecule has 1 aromatic rings. The van der Waals surface area contributed by atoms with Crippen LogP contribution in [0.2, 0.25) is 0 Å². The van der Waals surface area contributed by atoms with Crippen molar-refractivity contribution < 1.29 is 102 Å². The normalized spacial score (nSPS) is 12.3. The van der Waals surface area contributed by atoms with E-state index in [4.69, 9.17) is 29.8 Å². The number of ether oxygens (including phenoxy) is 4. The van der Waals surface area contributed by atoms with E-state index in [0.29, 0.717) is 24.9 Å². The second-order valence-corrected chi connectivity index (χ2v) is 17.2. The number of hydrogen-bond acceptors (Lipinski definition) is 17. The smallest absolute Gasteiger partial charge is 0.394 e. The lowest BCUT2D eigenvalue weighted by Crippen LogP contribution is -2.45. The highest BCUT2D eigenvalue weighted by Crippen LogP contribution is 2.07. The summed E-state index contributed by atoms with van der Waals surface area (Å²) in [7, 11) is 0. The van der Waals surface area contributed by atoms with Gasteiger partial charge in [-0.05, 0) is 70.4 Å². The Labute approximate surface area is 448 Å². The summed E-state index contributed by atoms with van der Waals surface area (Å²) in [6, 6.07) is 1.78. The number of carboxylic acids is 4. The minimum atomic E-state index is -1.65. The van der Waals surface area contributed by atoms with Gasteiger partial charge in [-0.3, -0.25) is 43.2 Å². The molecule has 78 heavy (non-hydrogen) atoms. The highest BCUT2D eigenvalue weighted by atomic mass is 16.5. The third-order valence-electron chi connectivity index (χ3n) is 10.7. The number of nitrogens with two attached hydrogens (primary N) is 1. The standard InChI is InChI=1S/C48H73N9O21/c1-30-8-10-31(11-9-30)43(65)52-18-4-2-6-32(42(49)64)54-40(62)28-77-26-24-75-22-21-51-37(59)16-13-34(46(69)70)56-39(61)17-14-35(47(71)72)57-41(63)29-78-27-25-76-23-20-50-36(58)15-12-33(45(67)68)55-38(60)7-3-5-19-53-44(66)48(73)74/h8-11,32-35H,2-7,12-29H2,1H3,(H2,49,64)(H,50,58)(H,51,59)(H,52,65)(H,53,66)(H,54,62)(H,55,60)(H,56,61)(H,57,63)(H,67,68)(H,69,70)(H,71,72)(H,73,74)/t32-,33-,34-,35-/m0/s1. The molecule has 1 aromatic carbocycles. The summed E-state index contributed by atoms with van der Waals surface area (Å²) >= 11 is 0. The molecule has 436 valence electrons. The lowest BCUT2D eigenvalue weighted by molar-refractivity contribution is -0.150. The van der Waals surface area contributed by atoms with Crippen molar-refractivity contribution in [1.29, 1.82) is 0 Å². The second-order valence-electron chi connectivity index (χ2n) is 17.2. The van der Waals surface area contributed by atoms with Gasteiger partial charge in [-0.1, -0.05) is 17.7 Å². The van der Waals surface area contributed by atoms with Gasteiger partial charge >= 0.3 is 29.8 Å². The molecule has 4 atom stereocenters. The van der Waals surface area contributed by atoms with Crippen LogP contribution in [0.1, 0.15) is 93.0 Å². The Kier molecular flexibility index (Phi) is 35.3. The van der Waals surface area contributed by atoms with Crippen molar-refractivity contribution in [2.75, 3.05) is 79.0 Å². The summed E-state index contributed by atoms with van der Waals surface area (Å²) in [5, 5.41) is 56.2. The first-order valence-corrected chi connectivity index (χ1v) is 24.9. The third-order valence-corrected chi connectivity index (χ3v) is 10.7. The fourth-order valence-corrected chi connectivity index (χ4v) is 6.53. The van der Waals surface area contributed by atoms with Crippen molar-refractivity contribution in [3.05, 3.63) is 35.4 Å². The van der Waals surface area contributed by atoms with E-state index >= 15 is 0 Å². The van der Waals surface area contributed by atoms with Crippen LogP contribution >= 0.6 is 0 Å². The van der Waals surface area contributed by atoms with E-state index in [1.165, 1.54) is 0 Å². The number of nitrogens with one attached hydrogen (secondary N) is 8. The van der Waals surface area contributed by atoms with Gasteiger partial charge in [0.15, 0.2) is 0 Å². The average molecular weight is 1110 g/mol. The molecule has 0 saturated carbocycles. The molecular formula is C48H73N9O21. The number of carbonyl (C=O) groups is 13. The molecule has 0 saturated heterocycles. The number of carbonyl (C=O) groups excluding carboxylic acids is 9. The maximum Gasteiger partial charge on any atom is 0.394 e. The molecule has 0 heterocycles. The zero-order chi connectivity index (χ0) is 58.3. The maximum atomic E-state index is 12.5. The fourth-order valence-electron chi connectivity index (χ4n) is 6.53. The third kappa shape index (κ3) is 34.0. The molecule has 0 spiro atoms. The highest BCUT2D eigenvalue weighted by molar-refractivity contribution is 6.31. The Bertz CT molecular complexity index is 2150. The van der Waals surface area contributed by atoms with Gasteiger partial charge in [-0.15, -0.1) is 0 Å². The lowest BCUT2D eigenvalue weighted by atomic mass is 10.1. The molecule has 9 amide bonds. The Morgan fingerprint density at radius 1 is 0.436 bits per heavy atom. The second kappa shape index (κ2) is 40.4. The van der Waals surface area contributed by atoms with Crippen LogP contribution < -0.4 is 48.3 Å². The predicted octanol–water partition coefficient (Wildman–Crippen LogP) is -3.42. The molecule has 0 unspecified atom stereocenters. The number of unbranched alkanes of at least 4 members (excludes halogenated alkanes) is 2. The number of aliphatic carboxylic acids is 4. The van der Waals surface area contributed by atoms with Crippen LogP contribution in [0, 0.1) is 6.92 Å². The molecule has 0 aliphatic carbocycles. The zero-order valence-corrected chi connectivity index (χ0v) is 43.4. The van der Waals surface area contributed by atoms with Crippen LogP contribution in [0.25, 0.3) is 0 Å². The Morgan fingerprint density at radius 3 is 1.31 bits per heavy atom. The van der Waals surface area contributed by atoms with Gasteiger partial charge in [0, 0.05) is 57.4 Å². The van der Waals surface area contributed by atoms with Crippen LogP contribution in [0.3, 0.4) is 0 Å². The van der Waals surface area contributed by atoms with E-state index in [2.05, 4.69) is 42.5 Å². The first-order chi connectivity index (χ1) is 37.1. The van der Waals surface area contributed by atoms with Gasteiger partial charge in [0.2, 0.25) is 41.4 Å². The zero-order valence-electron chi connectivity index (χ0n) is 43.4. The maximum absolute atomic E-state index is 12.5. The summed E-state index contributed by atoms with van der Waals surface area (Å²) in [6.45, 7) is 1.30. The number of rotatable bonds is 44. The van der Waals surface area contributed by atoms with E-state index in [1.807, 2.05) is 19.1 Å². The molecular weight excluding hydrogens is 1040 g/mol. The van der Waals surface area contributed by atoms with Gasteiger partial charge in [0.1, 0.15) is 37.4 Å². The summed E-state index contributed by atoms with van der Waals surface area (Å²) in [5.74, 6) is -12.0. The van der Waals surface area contributed by atoms with Crippen LogP contribution in [-0.2, 0) is 76.5 Å². The van der Waals surface area contributed by atoms with Crippen LogP contribution in [-0.4, -0.2) is 201 Å². The summed E-state index contributed by atoms with van der Waals surface area (Å²) in [4.78, 5) is 154. The SMILES string of the molecule is Cc1ccc(C(=O)NCCCC[C@H](NC(=O)COCCOCCNC(=O)CC[C@H](NC(=O)CC[C@H](NC(=O)COCCOCCNC(=O)CC[C@H](NC(=O)CCCCNC(=O)C(=O)O)C(=O)O)C(=O)O)C(=O)O)C(N)=O)cc1. The molecule has 0 radical (unpaired) electrons. The molecule has 0 aliphatic rings. The Balaban J connectivity index is 2.20. The average Bonchev–Trinajstić information content (AvgIpc) is 3.38. The largest absolute Gasteiger partial charge is 0.480 e. The van der Waals surface area contributed by atoms with Crippen LogP contribution in [0.5, 0.6) is 0 Å². The number of primary amides is 1. The van der Waals surface area contributed by atoms with E-state index in [1.54, 1.807) is 12.1 Å². The van der Waals surface area contributed by atoms with Crippen molar-refractivity contribution in [3.63, 3.8) is 0 Å². The van der Waals surface area contributed by atoms with Crippen molar-refractivity contribution in [1.82, 2.24) is 42.5 Å². The molecule has 0 aliphatic heterocycles. The first-order valence-electron chi connectivity index (χ1n) is 24.9. The molecule has 0 bridgehead atoms. The number of hydrogen-bond donors (Lipinski definition) is 13. The topological polar surface area (TPSA) is 462 Å². The summed E-state index contributed by atoms with van der Waals surface area (Å²) in [5.41, 5.74) is 6.99. The van der Waals surface area contributed by atoms with Gasteiger partial charge in [0.05, 0.1) is 39.6 Å². The monoisotopic (exact) mass is 1110 g/mol. The van der Waals surface area contributed by atoms with Crippen LogP contribution in [0.4, 0.5) is 0 Å². The highest BCUT2D eigenvalue weighted by Gasteiger charge is 2.25. The van der Waals surface area contributed by atoms with E-state index < -0.39 is 115 Å². The lowest BCUT2D eigenvalue weighted by Gasteiger charge is -2.17. The number of aryl methyl sites for hydroxylation is 1. The molecule has 1 rings (SSSR count). The molecule has 14 N–H and O–H groups in total. The number of benzene rings is 1. The van der Waals surface area contributed by atoms with Gasteiger partial charge in [-0.25, -0.2) is 19.2 Å². The Hall–Kier alpha value is -7.83. The summed E-state index contributed by atoms with van der Waals surface area (Å²) in [6.07, 6.45) is -0.280. The molecule has 0 aromatic heterocycles. The Morgan fingerprint density at radius 2 is 0.846 bits per heavy atom. The number of carboxylic acid groups (broad SMARTS) is 4. The van der Waals surface area contributed by atoms with Crippen molar-refractivity contribution in [2.24, 2.45) is 5.73 Å². The van der Waals surface area contributed by atoms with Crippen LogP contribution in [0.15, 0.2) is 24.3 Å². The first kappa shape index (κ1) is 68.2. The van der Waals surface area contributed by atoms with Gasteiger partial charge in [0.25, 0.3) is 5.91 Å². The van der Waals surface area contributed by atoms with E-state index in [-0.39, 0.29) is 123 Å². The fraction of sp³-hybridized carbons (Fsp3) is 0.604. The molecule has 30 heteroatoms. The summed E-state index contributed by atoms with van der Waals surface area (Å²) < 4.78 is 21.1.